The highest BCUT2D eigenvalue weighted by Gasteiger charge is 2.21. The molecule has 0 fully saturated rings. The van der Waals surface area contributed by atoms with E-state index in [1.165, 1.54) is 7.11 Å². The highest BCUT2D eigenvalue weighted by molar-refractivity contribution is 6.08. The molecule has 0 saturated heterocycles. The molecule has 2 aromatic carbocycles. The van der Waals surface area contributed by atoms with Gasteiger partial charge in [-0.25, -0.2) is 9.78 Å². The van der Waals surface area contributed by atoms with E-state index < -0.39 is 5.97 Å². The Morgan fingerprint density at radius 1 is 0.900 bits per heavy atom. The number of carbonyl (C=O) groups is 2. The molecule has 2 aromatic heterocycles. The second-order valence-electron chi connectivity index (χ2n) is 7.13. The molecule has 1 N–H and O–H groups in total. The van der Waals surface area contributed by atoms with Gasteiger partial charge in [0.05, 0.1) is 12.7 Å². The van der Waals surface area contributed by atoms with Crippen molar-refractivity contribution in [3.63, 3.8) is 0 Å². The Hall–Kier alpha value is -3.93. The number of hydrogen-bond acceptors (Lipinski definition) is 4. The van der Waals surface area contributed by atoms with E-state index in [0.29, 0.717) is 28.3 Å². The maximum Gasteiger partial charge on any atom is 0.337 e. The Morgan fingerprint density at radius 3 is 2.23 bits per heavy atom. The summed E-state index contributed by atoms with van der Waals surface area (Å²) in [6, 6.07) is 18.4. The summed E-state index contributed by atoms with van der Waals surface area (Å²) in [5.74, 6) is -0.707. The molecule has 0 aliphatic heterocycles. The van der Waals surface area contributed by atoms with Crippen LogP contribution in [0.1, 0.15) is 32.0 Å². The van der Waals surface area contributed by atoms with Crippen LogP contribution in [-0.4, -0.2) is 28.4 Å². The van der Waals surface area contributed by atoms with E-state index in [1.54, 1.807) is 24.3 Å². The standard InChI is InChI=1S/C24H21N3O3/c1-15-4-7-17(8-5-15)21-22(27-14-16(2)6-13-20(27)26-21)23(28)25-19-11-9-18(10-12-19)24(29)30-3/h4-14H,1-3H3,(H,25,28). The summed E-state index contributed by atoms with van der Waals surface area (Å²) in [5.41, 5.74) is 5.78. The highest BCUT2D eigenvalue weighted by atomic mass is 16.5. The molecule has 0 unspecified atom stereocenters. The van der Waals surface area contributed by atoms with Crippen molar-refractivity contribution < 1.29 is 14.3 Å². The molecule has 4 rings (SSSR count). The van der Waals surface area contributed by atoms with Gasteiger partial charge in [-0.05, 0) is 49.7 Å². The molecule has 2 heterocycles. The van der Waals surface area contributed by atoms with E-state index in [1.807, 2.05) is 60.8 Å². The van der Waals surface area contributed by atoms with Crippen molar-refractivity contribution >= 4 is 23.2 Å². The predicted octanol–water partition coefficient (Wildman–Crippen LogP) is 4.66. The molecular formula is C24H21N3O3. The topological polar surface area (TPSA) is 72.7 Å². The number of nitrogens with zero attached hydrogens (tertiary/aromatic N) is 2. The van der Waals surface area contributed by atoms with Crippen LogP contribution in [0.4, 0.5) is 5.69 Å². The average Bonchev–Trinajstić information content (AvgIpc) is 3.13. The van der Waals surface area contributed by atoms with E-state index in [-0.39, 0.29) is 5.91 Å². The monoisotopic (exact) mass is 399 g/mol. The highest BCUT2D eigenvalue weighted by Crippen LogP contribution is 2.26. The largest absolute Gasteiger partial charge is 0.465 e. The summed E-state index contributed by atoms with van der Waals surface area (Å²) in [7, 11) is 1.33. The normalized spacial score (nSPS) is 10.8. The molecule has 0 radical (unpaired) electrons. The molecule has 150 valence electrons. The molecule has 0 spiro atoms. The lowest BCUT2D eigenvalue weighted by Gasteiger charge is -2.09. The van der Waals surface area contributed by atoms with E-state index in [0.717, 1.165) is 16.7 Å². The first-order valence-electron chi connectivity index (χ1n) is 9.52. The second kappa shape index (κ2) is 7.83. The number of ether oxygens (including phenoxy) is 1. The van der Waals surface area contributed by atoms with Gasteiger partial charge in [0.2, 0.25) is 0 Å². The molecule has 30 heavy (non-hydrogen) atoms. The molecular weight excluding hydrogens is 378 g/mol. The minimum atomic E-state index is -0.424. The van der Waals surface area contributed by atoms with Crippen LogP contribution >= 0.6 is 0 Å². The Bertz CT molecular complexity index is 1240. The molecule has 0 bridgehead atoms. The number of pyridine rings is 1. The van der Waals surface area contributed by atoms with Crippen molar-refractivity contribution in [3.8, 4) is 11.3 Å². The number of aromatic nitrogens is 2. The van der Waals surface area contributed by atoms with Gasteiger partial charge in [0.1, 0.15) is 17.0 Å². The molecule has 4 aromatic rings. The SMILES string of the molecule is COC(=O)c1ccc(NC(=O)c2c(-c3ccc(C)cc3)nc3ccc(C)cn23)cc1. The Balaban J connectivity index is 1.75. The van der Waals surface area contributed by atoms with Gasteiger partial charge < -0.3 is 10.1 Å². The second-order valence-corrected chi connectivity index (χ2v) is 7.13. The fraction of sp³-hybridized carbons (Fsp3) is 0.125. The van der Waals surface area contributed by atoms with Crippen LogP contribution in [0.2, 0.25) is 0 Å². The summed E-state index contributed by atoms with van der Waals surface area (Å²) in [5, 5.41) is 2.91. The summed E-state index contributed by atoms with van der Waals surface area (Å²) in [6.45, 7) is 3.99. The first-order valence-corrected chi connectivity index (χ1v) is 9.52. The van der Waals surface area contributed by atoms with E-state index in [4.69, 9.17) is 9.72 Å². The van der Waals surface area contributed by atoms with Gasteiger partial charge in [-0.3, -0.25) is 9.20 Å². The number of benzene rings is 2. The van der Waals surface area contributed by atoms with Crippen LogP contribution < -0.4 is 5.32 Å². The van der Waals surface area contributed by atoms with Crippen molar-refractivity contribution in [1.29, 1.82) is 0 Å². The van der Waals surface area contributed by atoms with Gasteiger partial charge in [0.25, 0.3) is 5.91 Å². The van der Waals surface area contributed by atoms with E-state index >= 15 is 0 Å². The fourth-order valence-corrected chi connectivity index (χ4v) is 3.28. The van der Waals surface area contributed by atoms with Gasteiger partial charge in [-0.2, -0.15) is 0 Å². The summed E-state index contributed by atoms with van der Waals surface area (Å²) >= 11 is 0. The minimum Gasteiger partial charge on any atom is -0.465 e. The average molecular weight is 399 g/mol. The van der Waals surface area contributed by atoms with Crippen LogP contribution in [0, 0.1) is 13.8 Å². The minimum absolute atomic E-state index is 0.283. The third-order valence-corrected chi connectivity index (χ3v) is 4.87. The van der Waals surface area contributed by atoms with Crippen LogP contribution in [0.5, 0.6) is 0 Å². The van der Waals surface area contributed by atoms with Crippen molar-refractivity contribution in [2.75, 3.05) is 12.4 Å². The summed E-state index contributed by atoms with van der Waals surface area (Å²) < 4.78 is 6.52. The van der Waals surface area contributed by atoms with Crippen LogP contribution in [0.3, 0.4) is 0 Å². The van der Waals surface area contributed by atoms with Crippen LogP contribution in [-0.2, 0) is 4.74 Å². The van der Waals surface area contributed by atoms with Crippen molar-refractivity contribution in [2.24, 2.45) is 0 Å². The molecule has 0 atom stereocenters. The van der Waals surface area contributed by atoms with Gasteiger partial charge in [0.15, 0.2) is 0 Å². The number of hydrogen-bond donors (Lipinski definition) is 1. The van der Waals surface area contributed by atoms with E-state index in [2.05, 4.69) is 5.32 Å². The van der Waals surface area contributed by atoms with Crippen molar-refractivity contribution in [2.45, 2.75) is 13.8 Å². The molecule has 1 amide bonds. The Kier molecular flexibility index (Phi) is 5.06. The Labute approximate surface area is 174 Å². The van der Waals surface area contributed by atoms with Gasteiger partial charge in [-0.15, -0.1) is 0 Å². The molecule has 0 aliphatic rings. The molecule has 6 heteroatoms. The van der Waals surface area contributed by atoms with Gasteiger partial charge >= 0.3 is 5.97 Å². The number of rotatable bonds is 4. The molecule has 0 saturated carbocycles. The number of fused-ring (bicyclic) bond motifs is 1. The summed E-state index contributed by atoms with van der Waals surface area (Å²) in [4.78, 5) is 29.6. The Morgan fingerprint density at radius 2 is 1.57 bits per heavy atom. The van der Waals surface area contributed by atoms with Crippen LogP contribution in [0.15, 0.2) is 66.9 Å². The number of esters is 1. The molecule has 6 nitrogen and oxygen atoms in total. The third-order valence-electron chi connectivity index (χ3n) is 4.87. The maximum atomic E-state index is 13.3. The van der Waals surface area contributed by atoms with Gasteiger partial charge in [-0.1, -0.05) is 35.9 Å². The quantitative estimate of drug-likeness (QED) is 0.507. The third kappa shape index (κ3) is 3.67. The number of amides is 1. The number of anilines is 1. The lowest BCUT2D eigenvalue weighted by Crippen LogP contribution is -2.15. The van der Waals surface area contributed by atoms with Gasteiger partial charge in [0, 0.05) is 17.4 Å². The van der Waals surface area contributed by atoms with Crippen molar-refractivity contribution in [3.05, 3.63) is 89.2 Å². The van der Waals surface area contributed by atoms with Crippen LogP contribution in [0.25, 0.3) is 16.9 Å². The van der Waals surface area contributed by atoms with Crippen molar-refractivity contribution in [1.82, 2.24) is 9.38 Å². The zero-order valence-electron chi connectivity index (χ0n) is 17.0. The van der Waals surface area contributed by atoms with E-state index in [9.17, 15) is 9.59 Å². The summed E-state index contributed by atoms with van der Waals surface area (Å²) in [6.07, 6.45) is 1.90. The number of nitrogens with one attached hydrogen (secondary N) is 1. The first-order chi connectivity index (χ1) is 14.5. The number of aryl methyl sites for hydroxylation is 2. The smallest absolute Gasteiger partial charge is 0.337 e. The number of methoxy groups -OCH3 is 1. The predicted molar refractivity (Wildman–Crippen MR) is 116 cm³/mol. The lowest BCUT2D eigenvalue weighted by molar-refractivity contribution is 0.0600. The first kappa shape index (κ1) is 19.4. The number of imidazole rings is 1. The zero-order chi connectivity index (χ0) is 21.3. The molecule has 0 aliphatic carbocycles. The maximum absolute atomic E-state index is 13.3. The zero-order valence-corrected chi connectivity index (χ0v) is 17.0. The lowest BCUT2D eigenvalue weighted by atomic mass is 10.1. The fourth-order valence-electron chi connectivity index (χ4n) is 3.28. The number of carbonyl (C=O) groups excluding carboxylic acids is 2.